The Balaban J connectivity index is 1.74. The molecule has 1 heterocycles. The highest BCUT2D eigenvalue weighted by atomic mass is 16.1. The van der Waals surface area contributed by atoms with Crippen molar-refractivity contribution in [3.05, 3.63) is 35.4 Å². The average molecular weight is 289 g/mol. The number of piperazine rings is 1. The van der Waals surface area contributed by atoms with Gasteiger partial charge in [0.25, 0.3) is 0 Å². The van der Waals surface area contributed by atoms with Crippen molar-refractivity contribution in [3.63, 3.8) is 0 Å². The molecular weight excluding hydrogens is 262 g/mol. The number of aryl methyl sites for hydroxylation is 1. The highest BCUT2D eigenvalue weighted by Gasteiger charge is 2.17. The lowest BCUT2D eigenvalue weighted by Gasteiger charge is -2.34. The number of carbonyl (C=O) groups is 1. The summed E-state index contributed by atoms with van der Waals surface area (Å²) < 4.78 is 0. The fourth-order valence-electron chi connectivity index (χ4n) is 2.80. The van der Waals surface area contributed by atoms with E-state index in [1.54, 1.807) is 0 Å². The van der Waals surface area contributed by atoms with E-state index in [0.29, 0.717) is 6.42 Å². The zero-order valence-corrected chi connectivity index (χ0v) is 13.4. The van der Waals surface area contributed by atoms with Gasteiger partial charge in [-0.1, -0.05) is 29.8 Å². The molecule has 0 unspecified atom stereocenters. The molecule has 1 N–H and O–H groups in total. The van der Waals surface area contributed by atoms with E-state index in [-0.39, 0.29) is 11.9 Å². The summed E-state index contributed by atoms with van der Waals surface area (Å²) in [5, 5.41) is 3.11. The van der Waals surface area contributed by atoms with Crippen LogP contribution in [0.25, 0.3) is 0 Å². The number of hydrogen-bond acceptors (Lipinski definition) is 3. The van der Waals surface area contributed by atoms with Gasteiger partial charge in [0.1, 0.15) is 0 Å². The van der Waals surface area contributed by atoms with Crippen LogP contribution in [0.15, 0.2) is 24.3 Å². The Morgan fingerprint density at radius 3 is 2.67 bits per heavy atom. The van der Waals surface area contributed by atoms with E-state index < -0.39 is 0 Å². The second kappa shape index (κ2) is 7.57. The lowest BCUT2D eigenvalue weighted by Crippen LogP contribution is -2.49. The molecule has 1 aliphatic heterocycles. The van der Waals surface area contributed by atoms with Gasteiger partial charge in [-0.25, -0.2) is 0 Å². The summed E-state index contributed by atoms with van der Waals surface area (Å²) in [6.07, 6.45) is 0.467. The first kappa shape index (κ1) is 16.0. The van der Waals surface area contributed by atoms with Crippen molar-refractivity contribution in [1.29, 1.82) is 0 Å². The zero-order valence-electron chi connectivity index (χ0n) is 13.4. The molecule has 21 heavy (non-hydrogen) atoms. The quantitative estimate of drug-likeness (QED) is 0.887. The molecule has 4 heteroatoms. The molecule has 4 nitrogen and oxygen atoms in total. The smallest absolute Gasteiger partial charge is 0.224 e. The molecule has 1 aromatic carbocycles. The Morgan fingerprint density at radius 2 is 2.00 bits per heavy atom. The van der Waals surface area contributed by atoms with Crippen LogP contribution >= 0.6 is 0 Å². The monoisotopic (exact) mass is 289 g/mol. The summed E-state index contributed by atoms with van der Waals surface area (Å²) in [4.78, 5) is 16.9. The minimum absolute atomic E-state index is 0.113. The lowest BCUT2D eigenvalue weighted by molar-refractivity contribution is -0.121. The van der Waals surface area contributed by atoms with Gasteiger partial charge in [-0.2, -0.15) is 0 Å². The van der Waals surface area contributed by atoms with Gasteiger partial charge in [-0.15, -0.1) is 0 Å². The van der Waals surface area contributed by atoms with E-state index >= 15 is 0 Å². The summed E-state index contributed by atoms with van der Waals surface area (Å²) in [6, 6.07) is 8.34. The van der Waals surface area contributed by atoms with Crippen LogP contribution < -0.4 is 5.32 Å². The van der Waals surface area contributed by atoms with Gasteiger partial charge >= 0.3 is 0 Å². The predicted molar refractivity (Wildman–Crippen MR) is 86.4 cm³/mol. The van der Waals surface area contributed by atoms with Gasteiger partial charge < -0.3 is 10.2 Å². The highest BCUT2D eigenvalue weighted by molar-refractivity contribution is 5.78. The molecule has 1 aromatic rings. The van der Waals surface area contributed by atoms with Crippen molar-refractivity contribution >= 4 is 5.91 Å². The molecule has 1 atom stereocenters. The first-order valence-corrected chi connectivity index (χ1v) is 7.79. The van der Waals surface area contributed by atoms with Crippen LogP contribution in [0.2, 0.25) is 0 Å². The number of hydrogen-bond donors (Lipinski definition) is 1. The van der Waals surface area contributed by atoms with Gasteiger partial charge in [0.05, 0.1) is 6.42 Å². The molecule has 1 saturated heterocycles. The fraction of sp³-hybridized carbons (Fsp3) is 0.588. The second-order valence-corrected chi connectivity index (χ2v) is 6.24. The van der Waals surface area contributed by atoms with Gasteiger partial charge in [-0.3, -0.25) is 9.69 Å². The number of benzene rings is 1. The number of rotatable bonds is 5. The normalized spacial score (nSPS) is 18.4. The van der Waals surface area contributed by atoms with Crippen LogP contribution in [0, 0.1) is 6.92 Å². The van der Waals surface area contributed by atoms with E-state index in [4.69, 9.17) is 0 Å². The Bertz CT molecular complexity index is 467. The molecule has 0 spiro atoms. The highest BCUT2D eigenvalue weighted by Crippen LogP contribution is 2.05. The molecule has 0 bridgehead atoms. The lowest BCUT2D eigenvalue weighted by atomic mass is 10.1. The largest absolute Gasteiger partial charge is 0.352 e. The van der Waals surface area contributed by atoms with Crippen LogP contribution in [-0.4, -0.2) is 61.5 Å². The van der Waals surface area contributed by atoms with Crippen LogP contribution in [0.3, 0.4) is 0 Å². The van der Waals surface area contributed by atoms with Crippen molar-refractivity contribution in [2.75, 3.05) is 39.8 Å². The number of likely N-dealkylation sites (N-methyl/N-ethyl adjacent to an activating group) is 1. The Hall–Kier alpha value is -1.39. The zero-order chi connectivity index (χ0) is 15.2. The summed E-state index contributed by atoms with van der Waals surface area (Å²) in [7, 11) is 2.16. The molecule has 2 rings (SSSR count). The molecule has 116 valence electrons. The minimum Gasteiger partial charge on any atom is -0.352 e. The number of amides is 1. The number of nitrogens with one attached hydrogen (secondary N) is 1. The topological polar surface area (TPSA) is 35.6 Å². The maximum absolute atomic E-state index is 12.1. The van der Waals surface area contributed by atoms with E-state index in [1.807, 2.05) is 12.1 Å². The molecule has 0 aliphatic carbocycles. The first-order chi connectivity index (χ1) is 10.0. The van der Waals surface area contributed by atoms with Crippen molar-refractivity contribution < 1.29 is 4.79 Å². The minimum atomic E-state index is 0.113. The van der Waals surface area contributed by atoms with E-state index in [0.717, 1.165) is 38.3 Å². The van der Waals surface area contributed by atoms with Gasteiger partial charge in [0, 0.05) is 38.8 Å². The van der Waals surface area contributed by atoms with Crippen LogP contribution in [0.5, 0.6) is 0 Å². The SMILES string of the molecule is Cc1cccc(CC(=O)N[C@@H](C)CN2CCN(C)CC2)c1. The molecule has 0 radical (unpaired) electrons. The molecule has 1 fully saturated rings. The van der Waals surface area contributed by atoms with Crippen LogP contribution in [0.1, 0.15) is 18.1 Å². The van der Waals surface area contributed by atoms with Crippen LogP contribution in [-0.2, 0) is 11.2 Å². The summed E-state index contributed by atoms with van der Waals surface area (Å²) in [5.41, 5.74) is 2.28. The molecule has 0 saturated carbocycles. The first-order valence-electron chi connectivity index (χ1n) is 7.79. The Kier molecular flexibility index (Phi) is 5.76. The maximum Gasteiger partial charge on any atom is 0.224 e. The third-order valence-electron chi connectivity index (χ3n) is 3.98. The summed E-state index contributed by atoms with van der Waals surface area (Å²) in [6.45, 7) is 9.49. The fourth-order valence-corrected chi connectivity index (χ4v) is 2.80. The third kappa shape index (κ3) is 5.48. The van der Waals surface area contributed by atoms with E-state index in [1.165, 1.54) is 5.56 Å². The van der Waals surface area contributed by atoms with Crippen molar-refractivity contribution in [3.8, 4) is 0 Å². The van der Waals surface area contributed by atoms with Crippen molar-refractivity contribution in [1.82, 2.24) is 15.1 Å². The van der Waals surface area contributed by atoms with Gasteiger partial charge in [-0.05, 0) is 26.5 Å². The Labute approximate surface area is 128 Å². The van der Waals surface area contributed by atoms with E-state index in [2.05, 4.69) is 48.1 Å². The van der Waals surface area contributed by atoms with Crippen molar-refractivity contribution in [2.45, 2.75) is 26.3 Å². The number of nitrogens with zero attached hydrogens (tertiary/aromatic N) is 2. The number of carbonyl (C=O) groups excluding carboxylic acids is 1. The molecule has 1 aliphatic rings. The van der Waals surface area contributed by atoms with Gasteiger partial charge in [0.15, 0.2) is 0 Å². The summed E-state index contributed by atoms with van der Waals surface area (Å²) in [5.74, 6) is 0.113. The predicted octanol–water partition coefficient (Wildman–Crippen LogP) is 1.29. The average Bonchev–Trinajstić information content (AvgIpc) is 2.41. The molecule has 0 aromatic heterocycles. The Morgan fingerprint density at radius 1 is 1.29 bits per heavy atom. The van der Waals surface area contributed by atoms with E-state index in [9.17, 15) is 4.79 Å². The molecule has 1 amide bonds. The maximum atomic E-state index is 12.1. The van der Waals surface area contributed by atoms with Gasteiger partial charge in [0.2, 0.25) is 5.91 Å². The van der Waals surface area contributed by atoms with Crippen molar-refractivity contribution in [2.24, 2.45) is 0 Å². The van der Waals surface area contributed by atoms with Crippen LogP contribution in [0.4, 0.5) is 0 Å². The third-order valence-corrected chi connectivity index (χ3v) is 3.98. The standard InChI is InChI=1S/C17H27N3O/c1-14-5-4-6-16(11-14)12-17(21)18-15(2)13-20-9-7-19(3)8-10-20/h4-6,11,15H,7-10,12-13H2,1-3H3,(H,18,21)/t15-/m0/s1. The summed E-state index contributed by atoms with van der Waals surface area (Å²) >= 11 is 0. The second-order valence-electron chi connectivity index (χ2n) is 6.24. The molecular formula is C17H27N3O.